The van der Waals surface area contributed by atoms with Gasteiger partial charge >= 0.3 is 0 Å². The summed E-state index contributed by atoms with van der Waals surface area (Å²) in [6.45, 7) is 2.22. The van der Waals surface area contributed by atoms with Crippen LogP contribution in [0.1, 0.15) is 122 Å². The van der Waals surface area contributed by atoms with Crippen LogP contribution in [-0.4, -0.2) is 6.67 Å². The lowest BCUT2D eigenvalue weighted by Crippen LogP contribution is -2.29. The van der Waals surface area contributed by atoms with Crippen molar-refractivity contribution in [2.75, 3.05) is 6.67 Å². The van der Waals surface area contributed by atoms with E-state index in [1.54, 1.807) is 12.8 Å². The van der Waals surface area contributed by atoms with Crippen LogP contribution in [0.5, 0.6) is 0 Å². The van der Waals surface area contributed by atoms with Gasteiger partial charge in [0.05, 0.1) is 6.67 Å². The Morgan fingerprint density at radius 2 is 0.889 bits per heavy atom. The fourth-order valence-corrected chi connectivity index (χ4v) is 7.03. The fraction of sp³-hybridized carbons (Fsp3) is 1.00. The van der Waals surface area contributed by atoms with Crippen molar-refractivity contribution in [2.45, 2.75) is 122 Å². The van der Waals surface area contributed by atoms with Crippen molar-refractivity contribution in [2.24, 2.45) is 35.5 Å². The summed E-state index contributed by atoms with van der Waals surface area (Å²) in [5, 5.41) is 0. The molecule has 3 aliphatic carbocycles. The summed E-state index contributed by atoms with van der Waals surface area (Å²) in [4.78, 5) is 0. The van der Waals surface area contributed by atoms with Gasteiger partial charge in [-0.2, -0.15) is 0 Å². The minimum Gasteiger partial charge on any atom is -0.251 e. The van der Waals surface area contributed by atoms with Gasteiger partial charge in [0.2, 0.25) is 0 Å². The van der Waals surface area contributed by atoms with Crippen molar-refractivity contribution in [1.82, 2.24) is 0 Å². The Morgan fingerprint density at radius 1 is 0.519 bits per heavy atom. The zero-order valence-electron chi connectivity index (χ0n) is 18.3. The molecule has 0 amide bonds. The molecule has 0 saturated heterocycles. The number of halogens is 1. The maximum atomic E-state index is 12.4. The van der Waals surface area contributed by atoms with Crippen LogP contribution in [-0.2, 0) is 0 Å². The van der Waals surface area contributed by atoms with E-state index in [9.17, 15) is 4.39 Å². The molecule has 1 heteroatoms. The smallest absolute Gasteiger partial charge is 0.0894 e. The van der Waals surface area contributed by atoms with Gasteiger partial charge in [0.25, 0.3) is 0 Å². The highest BCUT2D eigenvalue weighted by molar-refractivity contribution is 4.85. The molecule has 158 valence electrons. The van der Waals surface area contributed by atoms with Gasteiger partial charge in [0.15, 0.2) is 0 Å². The molecule has 3 saturated carbocycles. The minimum absolute atomic E-state index is 0.107. The normalized spacial score (nSPS) is 38.0. The molecule has 0 aromatic heterocycles. The van der Waals surface area contributed by atoms with E-state index >= 15 is 0 Å². The van der Waals surface area contributed by atoms with E-state index < -0.39 is 0 Å². The standard InChI is InChI=1S/C26H47F/c1-2-3-4-6-21-8-12-23(13-9-21)25-16-18-26(19-17-25)24-14-10-22(11-15-24)7-5-20-27/h21-26H,2-20H2,1H3. The van der Waals surface area contributed by atoms with Gasteiger partial charge in [-0.05, 0) is 99.7 Å². The Hall–Kier alpha value is -0.0700. The highest BCUT2D eigenvalue weighted by Gasteiger charge is 2.34. The molecule has 0 spiro atoms. The van der Waals surface area contributed by atoms with E-state index in [0.29, 0.717) is 0 Å². The molecule has 0 unspecified atom stereocenters. The predicted octanol–water partition coefficient (Wildman–Crippen LogP) is 8.74. The lowest BCUT2D eigenvalue weighted by Gasteiger charge is -2.41. The molecule has 0 N–H and O–H groups in total. The van der Waals surface area contributed by atoms with E-state index in [-0.39, 0.29) is 6.67 Å². The van der Waals surface area contributed by atoms with Crippen molar-refractivity contribution in [3.05, 3.63) is 0 Å². The minimum atomic E-state index is -0.107. The summed E-state index contributed by atoms with van der Waals surface area (Å²) in [7, 11) is 0. The first kappa shape index (κ1) is 21.6. The van der Waals surface area contributed by atoms with Gasteiger partial charge in [0, 0.05) is 0 Å². The zero-order chi connectivity index (χ0) is 18.9. The van der Waals surface area contributed by atoms with Crippen LogP contribution in [0.2, 0.25) is 0 Å². The Balaban J connectivity index is 1.31. The Labute approximate surface area is 169 Å². The molecule has 0 heterocycles. The van der Waals surface area contributed by atoms with Gasteiger partial charge in [-0.25, -0.2) is 0 Å². The van der Waals surface area contributed by atoms with Crippen LogP contribution >= 0.6 is 0 Å². The average Bonchev–Trinajstić information content (AvgIpc) is 2.73. The number of unbranched alkanes of at least 4 members (excludes halogenated alkanes) is 2. The third-order valence-electron chi connectivity index (χ3n) is 8.89. The first-order valence-corrected chi connectivity index (χ1v) is 12.9. The second kappa shape index (κ2) is 11.8. The summed E-state index contributed by atoms with van der Waals surface area (Å²) in [5.74, 6) is 6.11. The van der Waals surface area contributed by atoms with Crippen molar-refractivity contribution >= 4 is 0 Å². The number of rotatable bonds is 9. The third kappa shape index (κ3) is 6.74. The SMILES string of the molecule is CCCCCC1CCC(C2CCC(C3CCC(CCCF)CC3)CC2)CC1. The number of alkyl halides is 1. The van der Waals surface area contributed by atoms with Crippen LogP contribution in [0, 0.1) is 35.5 Å². The van der Waals surface area contributed by atoms with Crippen LogP contribution in [0.25, 0.3) is 0 Å². The molecule has 27 heavy (non-hydrogen) atoms. The first-order valence-electron chi connectivity index (χ1n) is 12.9. The molecular weight excluding hydrogens is 331 g/mol. The second-order valence-corrected chi connectivity index (χ2v) is 10.6. The van der Waals surface area contributed by atoms with Crippen LogP contribution < -0.4 is 0 Å². The van der Waals surface area contributed by atoms with Crippen LogP contribution in [0.15, 0.2) is 0 Å². The summed E-state index contributed by atoms with van der Waals surface area (Å²) in [6, 6.07) is 0. The molecule has 0 bridgehead atoms. The summed E-state index contributed by atoms with van der Waals surface area (Å²) >= 11 is 0. The van der Waals surface area contributed by atoms with Crippen molar-refractivity contribution in [3.8, 4) is 0 Å². The topological polar surface area (TPSA) is 0 Å². The molecule has 0 aliphatic heterocycles. The summed E-state index contributed by atoms with van der Waals surface area (Å²) in [5.41, 5.74) is 0. The maximum Gasteiger partial charge on any atom is 0.0894 e. The van der Waals surface area contributed by atoms with Crippen LogP contribution in [0.3, 0.4) is 0 Å². The molecule has 3 aliphatic rings. The van der Waals surface area contributed by atoms with Crippen molar-refractivity contribution < 1.29 is 4.39 Å². The summed E-state index contributed by atoms with van der Waals surface area (Å²) < 4.78 is 12.4. The molecular formula is C26H47F. The van der Waals surface area contributed by atoms with Crippen molar-refractivity contribution in [1.29, 1.82) is 0 Å². The summed E-state index contributed by atoms with van der Waals surface area (Å²) in [6.07, 6.45) is 25.8. The van der Waals surface area contributed by atoms with E-state index in [4.69, 9.17) is 0 Å². The van der Waals surface area contributed by atoms with Gasteiger partial charge in [-0.3, -0.25) is 4.39 Å². The maximum absolute atomic E-state index is 12.4. The molecule has 0 radical (unpaired) electrons. The molecule has 0 nitrogen and oxygen atoms in total. The molecule has 3 rings (SSSR count). The van der Waals surface area contributed by atoms with E-state index in [1.807, 2.05) is 0 Å². The number of hydrogen-bond donors (Lipinski definition) is 0. The molecule has 3 fully saturated rings. The molecule has 0 atom stereocenters. The lowest BCUT2D eigenvalue weighted by molar-refractivity contribution is 0.102. The Morgan fingerprint density at radius 3 is 1.26 bits per heavy atom. The number of hydrogen-bond acceptors (Lipinski definition) is 0. The average molecular weight is 379 g/mol. The Bertz CT molecular complexity index is 368. The highest BCUT2D eigenvalue weighted by atomic mass is 19.1. The lowest BCUT2D eigenvalue weighted by atomic mass is 9.64. The Kier molecular flexibility index (Phi) is 9.47. The first-order chi connectivity index (χ1) is 13.3. The van der Waals surface area contributed by atoms with Crippen LogP contribution in [0.4, 0.5) is 4.39 Å². The quantitative estimate of drug-likeness (QED) is 0.352. The molecule has 0 aromatic rings. The monoisotopic (exact) mass is 378 g/mol. The van der Waals surface area contributed by atoms with Gasteiger partial charge in [-0.15, -0.1) is 0 Å². The molecule has 0 aromatic carbocycles. The zero-order valence-corrected chi connectivity index (χ0v) is 18.3. The fourth-order valence-electron chi connectivity index (χ4n) is 7.03. The third-order valence-corrected chi connectivity index (χ3v) is 8.89. The highest BCUT2D eigenvalue weighted by Crippen LogP contribution is 2.46. The van der Waals surface area contributed by atoms with Gasteiger partial charge < -0.3 is 0 Å². The van der Waals surface area contributed by atoms with Gasteiger partial charge in [0.1, 0.15) is 0 Å². The predicted molar refractivity (Wildman–Crippen MR) is 116 cm³/mol. The van der Waals surface area contributed by atoms with Gasteiger partial charge in [-0.1, -0.05) is 58.3 Å². The van der Waals surface area contributed by atoms with E-state index in [2.05, 4.69) is 6.92 Å². The van der Waals surface area contributed by atoms with E-state index in [0.717, 1.165) is 48.3 Å². The second-order valence-electron chi connectivity index (χ2n) is 10.6. The largest absolute Gasteiger partial charge is 0.251 e. The van der Waals surface area contributed by atoms with E-state index in [1.165, 1.54) is 89.9 Å². The van der Waals surface area contributed by atoms with Crippen molar-refractivity contribution in [3.63, 3.8) is 0 Å².